The number of fused-ring (bicyclic) bond motifs is 1. The van der Waals surface area contributed by atoms with Crippen LogP contribution in [-0.4, -0.2) is 19.9 Å². The fourth-order valence-corrected chi connectivity index (χ4v) is 4.08. The molecule has 0 aliphatic carbocycles. The van der Waals surface area contributed by atoms with Crippen LogP contribution in [0.4, 0.5) is 0 Å². The molecule has 0 bridgehead atoms. The summed E-state index contributed by atoms with van der Waals surface area (Å²) in [5.41, 5.74) is 9.99. The van der Waals surface area contributed by atoms with E-state index >= 15 is 0 Å². The second-order valence-corrected chi connectivity index (χ2v) is 6.93. The Kier molecular flexibility index (Phi) is 4.06. The smallest absolute Gasteiger partial charge is 0.208 e. The van der Waals surface area contributed by atoms with Crippen LogP contribution in [0.3, 0.4) is 0 Å². The fourth-order valence-electron chi connectivity index (χ4n) is 2.59. The molecule has 6 nitrogen and oxygen atoms in total. The van der Waals surface area contributed by atoms with Crippen molar-refractivity contribution in [2.24, 2.45) is 5.11 Å². The maximum Gasteiger partial charge on any atom is 0.208 e. The molecule has 0 aliphatic heterocycles. The summed E-state index contributed by atoms with van der Waals surface area (Å²) in [6.07, 6.45) is 2.00. The van der Waals surface area contributed by atoms with Crippen LogP contribution in [-0.2, 0) is 16.3 Å². The number of aromatic nitrogens is 1. The highest BCUT2D eigenvalue weighted by molar-refractivity contribution is 7.91. The van der Waals surface area contributed by atoms with Gasteiger partial charge in [0.2, 0.25) is 9.84 Å². The van der Waals surface area contributed by atoms with Crippen molar-refractivity contribution >= 4 is 20.7 Å². The van der Waals surface area contributed by atoms with Crippen molar-refractivity contribution in [3.63, 3.8) is 0 Å². The molecular weight excluding hydrogens is 312 g/mol. The molecule has 0 radical (unpaired) electrons. The summed E-state index contributed by atoms with van der Waals surface area (Å²) in [6, 6.07) is 13.9. The Hall–Kier alpha value is -2.76. The molecular formula is C16H14N4O2S. The SMILES string of the molecule is [N-]=[N+]=NCCc1cccc2[nH]cc(S(=O)(=O)c3ccccc3)c12. The second-order valence-electron chi connectivity index (χ2n) is 5.01. The van der Waals surface area contributed by atoms with Gasteiger partial charge < -0.3 is 4.98 Å². The minimum absolute atomic E-state index is 0.246. The van der Waals surface area contributed by atoms with Crippen LogP contribution in [0.1, 0.15) is 5.56 Å². The van der Waals surface area contributed by atoms with Gasteiger partial charge in [-0.2, -0.15) is 0 Å². The molecule has 0 saturated heterocycles. The van der Waals surface area contributed by atoms with Gasteiger partial charge in [0.1, 0.15) is 0 Å². The second kappa shape index (κ2) is 6.16. The molecule has 1 aromatic heterocycles. The standard InChI is InChI=1S/C16H14N4O2S/c17-20-19-10-9-12-5-4-8-14-16(12)15(11-18-14)23(21,22)13-6-2-1-3-7-13/h1-8,11,18H,9-10H2. The highest BCUT2D eigenvalue weighted by Gasteiger charge is 2.22. The Labute approximate surface area is 133 Å². The fraction of sp³-hybridized carbons (Fsp3) is 0.125. The number of nitrogens with one attached hydrogen (secondary N) is 1. The Balaban J connectivity index is 2.17. The summed E-state index contributed by atoms with van der Waals surface area (Å²) in [5.74, 6) is 0. The molecule has 3 rings (SSSR count). The summed E-state index contributed by atoms with van der Waals surface area (Å²) in [7, 11) is -3.61. The van der Waals surface area contributed by atoms with Gasteiger partial charge in [0.15, 0.2) is 0 Å². The van der Waals surface area contributed by atoms with Crippen LogP contribution >= 0.6 is 0 Å². The summed E-state index contributed by atoms with van der Waals surface area (Å²) >= 11 is 0. The van der Waals surface area contributed by atoms with Gasteiger partial charge in [-0.05, 0) is 35.7 Å². The van der Waals surface area contributed by atoms with Gasteiger partial charge in [0.25, 0.3) is 0 Å². The third-order valence-corrected chi connectivity index (χ3v) is 5.44. The van der Waals surface area contributed by atoms with Gasteiger partial charge in [-0.1, -0.05) is 35.4 Å². The van der Waals surface area contributed by atoms with Crippen LogP contribution in [0.2, 0.25) is 0 Å². The molecule has 0 saturated carbocycles. The van der Waals surface area contributed by atoms with E-state index in [4.69, 9.17) is 5.53 Å². The number of aromatic amines is 1. The van der Waals surface area contributed by atoms with E-state index in [0.29, 0.717) is 11.8 Å². The van der Waals surface area contributed by atoms with Crippen LogP contribution in [0.15, 0.2) is 69.6 Å². The molecule has 0 fully saturated rings. The Bertz CT molecular complexity index is 987. The predicted octanol–water partition coefficient (Wildman–Crippen LogP) is 3.85. The minimum atomic E-state index is -3.61. The number of sulfone groups is 1. The number of rotatable bonds is 5. The van der Waals surface area contributed by atoms with E-state index in [-0.39, 0.29) is 16.3 Å². The van der Waals surface area contributed by atoms with E-state index in [1.54, 1.807) is 30.3 Å². The van der Waals surface area contributed by atoms with Crippen molar-refractivity contribution in [3.8, 4) is 0 Å². The van der Waals surface area contributed by atoms with Gasteiger partial charge in [-0.25, -0.2) is 8.42 Å². The molecule has 0 spiro atoms. The first kappa shape index (κ1) is 15.1. The first-order chi connectivity index (χ1) is 11.1. The maximum atomic E-state index is 12.9. The monoisotopic (exact) mass is 326 g/mol. The lowest BCUT2D eigenvalue weighted by Crippen LogP contribution is -2.02. The van der Waals surface area contributed by atoms with Gasteiger partial charge >= 0.3 is 0 Å². The largest absolute Gasteiger partial charge is 0.360 e. The third kappa shape index (κ3) is 2.79. The average Bonchev–Trinajstić information content (AvgIpc) is 3.02. The molecule has 1 N–H and O–H groups in total. The summed E-state index contributed by atoms with van der Waals surface area (Å²) in [6.45, 7) is 0.283. The molecule has 7 heteroatoms. The number of benzene rings is 2. The van der Waals surface area contributed by atoms with Gasteiger partial charge in [0.05, 0.1) is 9.79 Å². The van der Waals surface area contributed by atoms with Crippen molar-refractivity contribution in [2.45, 2.75) is 16.2 Å². The van der Waals surface area contributed by atoms with Crippen molar-refractivity contribution < 1.29 is 8.42 Å². The molecule has 0 aliphatic rings. The summed E-state index contributed by atoms with van der Waals surface area (Å²) < 4.78 is 25.8. The van der Waals surface area contributed by atoms with E-state index in [0.717, 1.165) is 11.1 Å². The number of azide groups is 1. The minimum Gasteiger partial charge on any atom is -0.360 e. The Morgan fingerprint density at radius 2 is 1.87 bits per heavy atom. The summed E-state index contributed by atoms with van der Waals surface area (Å²) in [5, 5.41) is 4.19. The molecule has 0 amide bonds. The zero-order valence-corrected chi connectivity index (χ0v) is 13.0. The Morgan fingerprint density at radius 1 is 1.09 bits per heavy atom. The first-order valence-corrected chi connectivity index (χ1v) is 8.53. The lowest BCUT2D eigenvalue weighted by Gasteiger charge is -2.06. The molecule has 3 aromatic rings. The van der Waals surface area contributed by atoms with Gasteiger partial charge in [-0.15, -0.1) is 0 Å². The van der Waals surface area contributed by atoms with Crippen LogP contribution in [0, 0.1) is 0 Å². The highest BCUT2D eigenvalue weighted by Crippen LogP contribution is 2.31. The number of hydrogen-bond acceptors (Lipinski definition) is 3. The van der Waals surface area contributed by atoms with Crippen molar-refractivity contribution in [3.05, 3.63) is 70.7 Å². The normalized spacial score (nSPS) is 11.3. The highest BCUT2D eigenvalue weighted by atomic mass is 32.2. The zero-order valence-electron chi connectivity index (χ0n) is 12.2. The van der Waals surface area contributed by atoms with Crippen molar-refractivity contribution in [1.82, 2.24) is 4.98 Å². The number of nitrogens with zero attached hydrogens (tertiary/aromatic N) is 3. The lowest BCUT2D eigenvalue weighted by molar-refractivity contribution is 0.597. The molecule has 2 aromatic carbocycles. The van der Waals surface area contributed by atoms with Crippen molar-refractivity contribution in [2.75, 3.05) is 6.54 Å². The lowest BCUT2D eigenvalue weighted by atomic mass is 10.1. The van der Waals surface area contributed by atoms with E-state index in [2.05, 4.69) is 15.0 Å². The number of hydrogen-bond donors (Lipinski definition) is 1. The first-order valence-electron chi connectivity index (χ1n) is 7.04. The van der Waals surface area contributed by atoms with Gasteiger partial charge in [0, 0.05) is 28.6 Å². The molecule has 0 unspecified atom stereocenters. The summed E-state index contributed by atoms with van der Waals surface area (Å²) in [4.78, 5) is 6.25. The topological polar surface area (TPSA) is 98.7 Å². The van der Waals surface area contributed by atoms with Crippen LogP contribution < -0.4 is 0 Å². The predicted molar refractivity (Wildman–Crippen MR) is 87.9 cm³/mol. The quantitative estimate of drug-likeness (QED) is 0.437. The maximum absolute atomic E-state index is 12.9. The zero-order chi connectivity index (χ0) is 16.3. The Morgan fingerprint density at radius 3 is 2.61 bits per heavy atom. The van der Waals surface area contributed by atoms with E-state index in [1.165, 1.54) is 6.20 Å². The molecule has 23 heavy (non-hydrogen) atoms. The third-order valence-electron chi connectivity index (χ3n) is 3.64. The van der Waals surface area contributed by atoms with E-state index < -0.39 is 9.84 Å². The molecule has 116 valence electrons. The average molecular weight is 326 g/mol. The van der Waals surface area contributed by atoms with Crippen molar-refractivity contribution in [1.29, 1.82) is 0 Å². The number of H-pyrrole nitrogens is 1. The molecule has 1 heterocycles. The molecule has 0 atom stereocenters. The van der Waals surface area contributed by atoms with E-state index in [9.17, 15) is 8.42 Å². The van der Waals surface area contributed by atoms with Crippen LogP contribution in [0.25, 0.3) is 21.3 Å². The van der Waals surface area contributed by atoms with Crippen LogP contribution in [0.5, 0.6) is 0 Å². The van der Waals surface area contributed by atoms with Gasteiger partial charge in [-0.3, -0.25) is 0 Å². The van der Waals surface area contributed by atoms with E-state index in [1.807, 2.05) is 18.2 Å².